The molecule has 1 saturated heterocycles. The van der Waals surface area contributed by atoms with Crippen molar-refractivity contribution >= 4 is 28.2 Å². The number of aromatic nitrogens is 2. The Kier molecular flexibility index (Phi) is 5.67. The highest BCUT2D eigenvalue weighted by Crippen LogP contribution is 2.32. The zero-order valence-electron chi connectivity index (χ0n) is 17.1. The van der Waals surface area contributed by atoms with E-state index in [1.165, 1.54) is 18.3 Å². The van der Waals surface area contributed by atoms with Crippen LogP contribution in [-0.2, 0) is 4.79 Å². The van der Waals surface area contributed by atoms with Gasteiger partial charge in [-0.3, -0.25) is 4.79 Å². The average molecular weight is 429 g/mol. The second kappa shape index (κ2) is 8.41. The van der Waals surface area contributed by atoms with E-state index in [0.717, 1.165) is 17.1 Å². The summed E-state index contributed by atoms with van der Waals surface area (Å²) in [5, 5.41) is 12.0. The van der Waals surface area contributed by atoms with Crippen LogP contribution in [0.3, 0.4) is 0 Å². The van der Waals surface area contributed by atoms with E-state index in [1.807, 2.05) is 23.1 Å². The average Bonchev–Trinajstić information content (AvgIpc) is 2.75. The normalized spacial score (nSPS) is 15.6. The molecule has 0 saturated carbocycles. The molecule has 4 rings (SSSR count). The van der Waals surface area contributed by atoms with Crippen molar-refractivity contribution in [2.24, 2.45) is 0 Å². The summed E-state index contributed by atoms with van der Waals surface area (Å²) < 4.78 is 40.7. The number of anilines is 2. The Hall–Kier alpha value is -3.36. The molecule has 3 aromatic rings. The fraction of sp³-hybridized carbons (Fsp3) is 0.318. The lowest BCUT2D eigenvalue weighted by Crippen LogP contribution is -2.48. The van der Waals surface area contributed by atoms with Gasteiger partial charge < -0.3 is 15.1 Å². The van der Waals surface area contributed by atoms with E-state index in [4.69, 9.17) is 0 Å². The third-order valence-electron chi connectivity index (χ3n) is 5.58. The molecule has 0 aliphatic carbocycles. The van der Waals surface area contributed by atoms with Crippen molar-refractivity contribution < 1.29 is 18.0 Å². The van der Waals surface area contributed by atoms with Crippen LogP contribution in [0.4, 0.5) is 24.5 Å². The van der Waals surface area contributed by atoms with E-state index in [2.05, 4.69) is 15.5 Å². The number of benzene rings is 2. The smallest absolute Gasteiger partial charge is 0.266 e. The van der Waals surface area contributed by atoms with E-state index in [1.54, 1.807) is 18.9 Å². The third-order valence-corrected chi connectivity index (χ3v) is 5.58. The quantitative estimate of drug-likeness (QED) is 0.660. The van der Waals surface area contributed by atoms with E-state index in [9.17, 15) is 18.0 Å². The summed E-state index contributed by atoms with van der Waals surface area (Å²) in [5.41, 5.74) is 1.61. The number of hydrogen-bond donors (Lipinski definition) is 1. The molecule has 1 aliphatic rings. The molecular weight excluding hydrogens is 407 g/mol. The van der Waals surface area contributed by atoms with Crippen LogP contribution >= 0.6 is 0 Å². The van der Waals surface area contributed by atoms with Crippen LogP contribution in [0.2, 0.25) is 0 Å². The molecule has 2 aromatic carbocycles. The van der Waals surface area contributed by atoms with Gasteiger partial charge in [0.05, 0.1) is 35.6 Å². The number of piperazine rings is 1. The second-order valence-electron chi connectivity index (χ2n) is 7.61. The van der Waals surface area contributed by atoms with Crippen LogP contribution in [0.5, 0.6) is 0 Å². The molecule has 162 valence electrons. The second-order valence-corrected chi connectivity index (χ2v) is 7.61. The van der Waals surface area contributed by atoms with Gasteiger partial charge in [-0.2, -0.15) is 10.2 Å². The summed E-state index contributed by atoms with van der Waals surface area (Å²) in [6.45, 7) is 3.32. The topological polar surface area (TPSA) is 61.4 Å². The lowest BCUT2D eigenvalue weighted by Gasteiger charge is -2.33. The Morgan fingerprint density at radius 3 is 2.65 bits per heavy atom. The lowest BCUT2D eigenvalue weighted by atomic mass is 10.0. The van der Waals surface area contributed by atoms with Crippen molar-refractivity contribution in [3.05, 3.63) is 59.5 Å². The number of carbonyl (C=O) groups excluding carboxylic acids is 1. The van der Waals surface area contributed by atoms with Gasteiger partial charge in [0.25, 0.3) is 6.43 Å². The molecule has 6 nitrogen and oxygen atoms in total. The lowest BCUT2D eigenvalue weighted by molar-refractivity contribution is -0.129. The van der Waals surface area contributed by atoms with E-state index < -0.39 is 23.8 Å². The Labute approximate surface area is 177 Å². The van der Waals surface area contributed by atoms with E-state index >= 15 is 0 Å². The first-order chi connectivity index (χ1) is 14.8. The van der Waals surface area contributed by atoms with Crippen molar-refractivity contribution in [2.75, 3.05) is 36.9 Å². The van der Waals surface area contributed by atoms with Gasteiger partial charge in [0.15, 0.2) is 0 Å². The molecule has 31 heavy (non-hydrogen) atoms. The number of amides is 1. The highest BCUT2D eigenvalue weighted by atomic mass is 19.3. The summed E-state index contributed by atoms with van der Waals surface area (Å²) in [4.78, 5) is 15.8. The molecule has 2 heterocycles. The Bertz CT molecular complexity index is 1120. The number of alkyl halides is 2. The summed E-state index contributed by atoms with van der Waals surface area (Å²) in [6, 6.07) is 9.01. The van der Waals surface area contributed by atoms with Gasteiger partial charge >= 0.3 is 0 Å². The minimum atomic E-state index is -2.88. The summed E-state index contributed by atoms with van der Waals surface area (Å²) >= 11 is 0. The van der Waals surface area contributed by atoms with Gasteiger partial charge in [-0.1, -0.05) is 18.2 Å². The van der Waals surface area contributed by atoms with Gasteiger partial charge in [-0.05, 0) is 25.1 Å². The number of fused-ring (bicyclic) bond motifs is 1. The first-order valence-electron chi connectivity index (χ1n) is 9.92. The van der Waals surface area contributed by atoms with Crippen LogP contribution in [0, 0.1) is 5.82 Å². The Morgan fingerprint density at radius 1 is 1.13 bits per heavy atom. The maximum absolute atomic E-state index is 14.6. The molecule has 0 unspecified atom stereocenters. The number of hydrogen-bond acceptors (Lipinski definition) is 5. The number of rotatable bonds is 5. The summed E-state index contributed by atoms with van der Waals surface area (Å²) in [6.07, 6.45) is -1.36. The Balaban J connectivity index is 1.65. The van der Waals surface area contributed by atoms with Gasteiger partial charge in [0, 0.05) is 36.8 Å². The first-order valence-corrected chi connectivity index (χ1v) is 9.92. The molecule has 1 amide bonds. The molecular formula is C22H22F3N5O. The number of halogens is 3. The van der Waals surface area contributed by atoms with Gasteiger partial charge in [0.2, 0.25) is 5.91 Å². The zero-order valence-corrected chi connectivity index (χ0v) is 17.1. The van der Waals surface area contributed by atoms with E-state index in [0.29, 0.717) is 24.3 Å². The van der Waals surface area contributed by atoms with Crippen LogP contribution in [-0.4, -0.2) is 47.7 Å². The molecule has 1 atom stereocenters. The highest BCUT2D eigenvalue weighted by molar-refractivity contribution is 5.93. The minimum Gasteiger partial charge on any atom is -0.377 e. The predicted molar refractivity (Wildman–Crippen MR) is 113 cm³/mol. The minimum absolute atomic E-state index is 0.0422. The summed E-state index contributed by atoms with van der Waals surface area (Å²) in [7, 11) is 1.78. The van der Waals surface area contributed by atoms with E-state index in [-0.39, 0.29) is 18.0 Å². The molecule has 0 bridgehead atoms. The maximum Gasteiger partial charge on any atom is 0.266 e. The number of nitrogens with one attached hydrogen (secondary N) is 1. The fourth-order valence-electron chi connectivity index (χ4n) is 3.72. The highest BCUT2D eigenvalue weighted by Gasteiger charge is 2.22. The van der Waals surface area contributed by atoms with Crippen molar-refractivity contribution in [1.29, 1.82) is 0 Å². The molecule has 0 spiro atoms. The van der Waals surface area contributed by atoms with Crippen molar-refractivity contribution in [3.63, 3.8) is 0 Å². The van der Waals surface area contributed by atoms with Crippen LogP contribution in [0.1, 0.15) is 30.5 Å². The molecule has 9 heteroatoms. The summed E-state index contributed by atoms with van der Waals surface area (Å²) in [5.74, 6) is -0.874. The van der Waals surface area contributed by atoms with Gasteiger partial charge in [-0.15, -0.1) is 0 Å². The predicted octanol–water partition coefficient (Wildman–Crippen LogP) is 4.16. The van der Waals surface area contributed by atoms with Crippen LogP contribution < -0.4 is 10.2 Å². The molecule has 0 radical (unpaired) electrons. The SMILES string of the molecule is C[C@@H](Nc1cnnc2ccc(N3CCN(C)C(=O)C3)cc12)c1cccc(C(F)F)c1F. The largest absolute Gasteiger partial charge is 0.377 e. The van der Waals surface area contributed by atoms with Gasteiger partial charge in [-0.25, -0.2) is 13.2 Å². The van der Waals surface area contributed by atoms with Crippen LogP contribution in [0.25, 0.3) is 10.9 Å². The maximum atomic E-state index is 14.6. The third kappa shape index (κ3) is 4.12. The Morgan fingerprint density at radius 2 is 1.90 bits per heavy atom. The monoisotopic (exact) mass is 429 g/mol. The van der Waals surface area contributed by atoms with Crippen molar-refractivity contribution in [2.45, 2.75) is 19.4 Å². The number of nitrogens with zero attached hydrogens (tertiary/aromatic N) is 4. The molecule has 1 N–H and O–H groups in total. The zero-order chi connectivity index (χ0) is 22.1. The first kappa shape index (κ1) is 20.9. The number of likely N-dealkylation sites (N-methyl/N-ethyl adjacent to an activating group) is 1. The number of carbonyl (C=O) groups is 1. The standard InChI is InChI=1S/C22H22F3N5O/c1-13(15-4-3-5-16(21(15)23)22(24)25)27-19-11-26-28-18-7-6-14(10-17(18)19)30-9-8-29(2)20(31)12-30/h3-7,10-11,13,22H,8-9,12H2,1-2H3,(H,27,28)/t13-/m1/s1. The molecule has 1 aromatic heterocycles. The molecule has 1 aliphatic heterocycles. The fourth-order valence-corrected chi connectivity index (χ4v) is 3.72. The van der Waals surface area contributed by atoms with Crippen molar-refractivity contribution in [1.82, 2.24) is 15.1 Å². The molecule has 1 fully saturated rings. The van der Waals surface area contributed by atoms with Crippen molar-refractivity contribution in [3.8, 4) is 0 Å². The van der Waals surface area contributed by atoms with Gasteiger partial charge in [0.1, 0.15) is 5.82 Å². The van der Waals surface area contributed by atoms with Crippen LogP contribution in [0.15, 0.2) is 42.6 Å².